The number of benzene rings is 2. The van der Waals surface area contributed by atoms with E-state index in [9.17, 15) is 9.18 Å². The van der Waals surface area contributed by atoms with Gasteiger partial charge in [0, 0.05) is 52.8 Å². The molecular formula is C25H20FN5O. The summed E-state index contributed by atoms with van der Waals surface area (Å²) in [6.07, 6.45) is 7.36. The molecule has 0 aliphatic carbocycles. The Bertz CT molecular complexity index is 1360. The summed E-state index contributed by atoms with van der Waals surface area (Å²) in [5.74, 6) is -0.160. The van der Waals surface area contributed by atoms with Crippen LogP contribution in [0.25, 0.3) is 33.3 Å². The van der Waals surface area contributed by atoms with Gasteiger partial charge in [-0.2, -0.15) is 5.10 Å². The Kier molecular flexibility index (Phi) is 5.21. The Balaban J connectivity index is 1.32. The molecule has 0 radical (unpaired) electrons. The van der Waals surface area contributed by atoms with Crippen LogP contribution in [-0.4, -0.2) is 26.1 Å². The third kappa shape index (κ3) is 3.88. The molecule has 7 heteroatoms. The van der Waals surface area contributed by atoms with Crippen LogP contribution in [-0.2, 0) is 13.2 Å². The van der Waals surface area contributed by atoms with E-state index in [-0.39, 0.29) is 5.91 Å². The maximum Gasteiger partial charge on any atom is 0.251 e. The zero-order valence-corrected chi connectivity index (χ0v) is 17.1. The summed E-state index contributed by atoms with van der Waals surface area (Å²) in [6.45, 7) is -0.103. The molecule has 3 heterocycles. The molecule has 0 aliphatic rings. The van der Waals surface area contributed by atoms with Gasteiger partial charge in [0.25, 0.3) is 5.91 Å². The van der Waals surface area contributed by atoms with E-state index in [0.717, 1.165) is 38.9 Å². The van der Waals surface area contributed by atoms with Crippen molar-refractivity contribution in [3.8, 4) is 22.3 Å². The molecule has 0 bridgehead atoms. The van der Waals surface area contributed by atoms with Crippen molar-refractivity contribution >= 4 is 16.9 Å². The van der Waals surface area contributed by atoms with Crippen molar-refractivity contribution in [3.63, 3.8) is 0 Å². The van der Waals surface area contributed by atoms with Crippen molar-refractivity contribution in [2.75, 3.05) is 0 Å². The van der Waals surface area contributed by atoms with Crippen LogP contribution >= 0.6 is 0 Å². The van der Waals surface area contributed by atoms with Crippen molar-refractivity contribution in [2.45, 2.75) is 13.2 Å². The molecule has 1 amide bonds. The zero-order chi connectivity index (χ0) is 21.9. The highest BCUT2D eigenvalue weighted by molar-refractivity contribution is 5.96. The van der Waals surface area contributed by atoms with Gasteiger partial charge in [0.05, 0.1) is 6.20 Å². The zero-order valence-electron chi connectivity index (χ0n) is 17.1. The summed E-state index contributed by atoms with van der Waals surface area (Å²) in [5.41, 5.74) is 6.87. The normalized spacial score (nSPS) is 11.0. The summed E-state index contributed by atoms with van der Waals surface area (Å²) in [5, 5.41) is 10.8. The first-order valence-electron chi connectivity index (χ1n) is 10.2. The number of nitrogens with one attached hydrogen (secondary N) is 3. The first-order chi connectivity index (χ1) is 15.7. The minimum absolute atomic E-state index is 0.160. The van der Waals surface area contributed by atoms with Crippen LogP contribution in [0.1, 0.15) is 21.5 Å². The molecule has 0 saturated carbocycles. The first kappa shape index (κ1) is 19.7. The molecule has 6 nitrogen and oxygen atoms in total. The van der Waals surface area contributed by atoms with Crippen molar-refractivity contribution in [1.29, 1.82) is 0 Å². The van der Waals surface area contributed by atoms with Gasteiger partial charge < -0.3 is 10.3 Å². The smallest absolute Gasteiger partial charge is 0.251 e. The number of amides is 1. The molecule has 0 aliphatic heterocycles. The van der Waals surface area contributed by atoms with Gasteiger partial charge >= 0.3 is 0 Å². The fraction of sp³-hybridized carbons (Fsp3) is 0.0800. The van der Waals surface area contributed by atoms with Gasteiger partial charge in [-0.3, -0.25) is 9.89 Å². The number of aromatic nitrogens is 4. The Labute approximate surface area is 183 Å². The van der Waals surface area contributed by atoms with Crippen molar-refractivity contribution in [1.82, 2.24) is 25.5 Å². The van der Waals surface area contributed by atoms with Crippen LogP contribution in [0.4, 0.5) is 4.39 Å². The van der Waals surface area contributed by atoms with Gasteiger partial charge in [0.1, 0.15) is 12.3 Å². The molecule has 0 atom stereocenters. The highest BCUT2D eigenvalue weighted by Gasteiger charge is 2.11. The van der Waals surface area contributed by atoms with Gasteiger partial charge in [-0.1, -0.05) is 36.4 Å². The van der Waals surface area contributed by atoms with Gasteiger partial charge in [0.15, 0.2) is 0 Å². The van der Waals surface area contributed by atoms with E-state index in [1.54, 1.807) is 30.5 Å². The number of halogens is 1. The monoisotopic (exact) mass is 425 g/mol. The Morgan fingerprint density at radius 2 is 1.69 bits per heavy atom. The predicted octanol–water partition coefficient (Wildman–Crippen LogP) is 5.02. The number of pyridine rings is 1. The minimum atomic E-state index is -0.490. The highest BCUT2D eigenvalue weighted by atomic mass is 19.1. The summed E-state index contributed by atoms with van der Waals surface area (Å²) in [6, 6.07) is 16.6. The molecule has 32 heavy (non-hydrogen) atoms. The van der Waals surface area contributed by atoms with Crippen molar-refractivity contribution in [3.05, 3.63) is 96.1 Å². The molecule has 2 aromatic carbocycles. The van der Waals surface area contributed by atoms with E-state index >= 15 is 0 Å². The highest BCUT2D eigenvalue weighted by Crippen LogP contribution is 2.30. The molecule has 5 rings (SSSR count). The third-order valence-corrected chi connectivity index (χ3v) is 5.45. The van der Waals surface area contributed by atoms with E-state index in [4.69, 9.17) is 0 Å². The Hall–Kier alpha value is -4.26. The molecular weight excluding hydrogens is 405 g/mol. The number of carbonyl (C=O) groups is 1. The number of aromatic amines is 2. The van der Waals surface area contributed by atoms with Crippen LogP contribution < -0.4 is 5.32 Å². The van der Waals surface area contributed by atoms with Crippen LogP contribution in [0.15, 0.2) is 79.4 Å². The SMILES string of the molecule is O=C(NCc1ccc(CF)cc1)c1ccc(-c2cnc3[nH]cc(-c4cn[nH]c4)c3c2)cc1. The lowest BCUT2D eigenvalue weighted by molar-refractivity contribution is 0.0951. The van der Waals surface area contributed by atoms with Crippen LogP contribution in [0.5, 0.6) is 0 Å². The Morgan fingerprint density at radius 3 is 2.41 bits per heavy atom. The van der Waals surface area contributed by atoms with Crippen molar-refractivity contribution in [2.24, 2.45) is 0 Å². The molecule has 3 aromatic heterocycles. The van der Waals surface area contributed by atoms with Crippen molar-refractivity contribution < 1.29 is 9.18 Å². The van der Waals surface area contributed by atoms with Crippen LogP contribution in [0.2, 0.25) is 0 Å². The van der Waals surface area contributed by atoms with E-state index in [2.05, 4.69) is 31.5 Å². The molecule has 0 fully saturated rings. The lowest BCUT2D eigenvalue weighted by Gasteiger charge is -2.07. The van der Waals surface area contributed by atoms with E-state index in [1.165, 1.54) is 0 Å². The van der Waals surface area contributed by atoms with Crippen LogP contribution in [0.3, 0.4) is 0 Å². The van der Waals surface area contributed by atoms with E-state index < -0.39 is 6.67 Å². The number of rotatable bonds is 6. The molecule has 158 valence electrons. The average molecular weight is 425 g/mol. The predicted molar refractivity (Wildman–Crippen MR) is 122 cm³/mol. The summed E-state index contributed by atoms with van der Waals surface area (Å²) in [4.78, 5) is 20.2. The van der Waals surface area contributed by atoms with E-state index in [1.807, 2.05) is 42.9 Å². The molecule has 0 spiro atoms. The number of fused-ring (bicyclic) bond motifs is 1. The number of nitrogens with zero attached hydrogens (tertiary/aromatic N) is 2. The second-order valence-corrected chi connectivity index (χ2v) is 7.52. The third-order valence-electron chi connectivity index (χ3n) is 5.45. The van der Waals surface area contributed by atoms with Gasteiger partial charge in [-0.05, 0) is 34.9 Å². The van der Waals surface area contributed by atoms with Crippen LogP contribution in [0, 0.1) is 0 Å². The largest absolute Gasteiger partial charge is 0.348 e. The van der Waals surface area contributed by atoms with Gasteiger partial charge in [-0.25, -0.2) is 9.37 Å². The molecule has 3 N–H and O–H groups in total. The first-order valence-corrected chi connectivity index (χ1v) is 10.2. The average Bonchev–Trinajstić information content (AvgIpc) is 3.52. The standard InChI is InChI=1S/C25H20FN5O/c26-10-16-1-3-17(4-2-16)11-29-25(32)19-7-5-18(6-8-19)20-9-22-23(21-13-30-31-14-21)15-28-24(22)27-12-20/h1-9,12-15H,10-11H2,(H,27,28)(H,29,32)(H,30,31). The molecule has 5 aromatic rings. The summed E-state index contributed by atoms with van der Waals surface area (Å²) >= 11 is 0. The number of hydrogen-bond donors (Lipinski definition) is 3. The summed E-state index contributed by atoms with van der Waals surface area (Å²) in [7, 11) is 0. The quantitative estimate of drug-likeness (QED) is 0.357. The fourth-order valence-electron chi connectivity index (χ4n) is 3.64. The maximum atomic E-state index is 12.6. The lowest BCUT2D eigenvalue weighted by atomic mass is 10.0. The maximum absolute atomic E-state index is 12.6. The second-order valence-electron chi connectivity index (χ2n) is 7.52. The molecule has 0 unspecified atom stereocenters. The topological polar surface area (TPSA) is 86.5 Å². The number of carbonyl (C=O) groups excluding carboxylic acids is 1. The van der Waals surface area contributed by atoms with E-state index in [0.29, 0.717) is 17.7 Å². The number of H-pyrrole nitrogens is 2. The molecule has 0 saturated heterocycles. The fourth-order valence-corrected chi connectivity index (χ4v) is 3.64. The Morgan fingerprint density at radius 1 is 0.906 bits per heavy atom. The number of hydrogen-bond acceptors (Lipinski definition) is 3. The number of alkyl halides is 1. The summed E-state index contributed by atoms with van der Waals surface area (Å²) < 4.78 is 12.6. The van der Waals surface area contributed by atoms with Gasteiger partial charge in [-0.15, -0.1) is 0 Å². The second kappa shape index (κ2) is 8.47. The van der Waals surface area contributed by atoms with Gasteiger partial charge in [0.2, 0.25) is 0 Å². The lowest BCUT2D eigenvalue weighted by Crippen LogP contribution is -2.22. The minimum Gasteiger partial charge on any atom is -0.348 e.